The quantitative estimate of drug-likeness (QED) is 0.814. The summed E-state index contributed by atoms with van der Waals surface area (Å²) in [7, 11) is 3.89. The van der Waals surface area contributed by atoms with Gasteiger partial charge in [-0.2, -0.15) is 4.68 Å². The standard InChI is InChI=1S/C11H13N5O2S/c1-15(2)8-4-3-5-9(6-8)16-11(12-13-14-16)19-7-10(17)18/h3-6H,7H2,1-2H3,(H,17,18). The van der Waals surface area contributed by atoms with E-state index in [2.05, 4.69) is 15.5 Å². The number of hydrogen-bond acceptors (Lipinski definition) is 6. The third-order valence-electron chi connectivity index (χ3n) is 2.36. The highest BCUT2D eigenvalue weighted by atomic mass is 32.2. The molecule has 0 bridgehead atoms. The minimum Gasteiger partial charge on any atom is -0.481 e. The maximum atomic E-state index is 10.6. The molecule has 0 unspecified atom stereocenters. The summed E-state index contributed by atoms with van der Waals surface area (Å²) in [5.74, 6) is -0.977. The first-order valence-electron chi connectivity index (χ1n) is 5.48. The molecule has 0 radical (unpaired) electrons. The number of nitrogens with zero attached hydrogens (tertiary/aromatic N) is 5. The number of rotatable bonds is 5. The zero-order valence-corrected chi connectivity index (χ0v) is 11.3. The van der Waals surface area contributed by atoms with Crippen LogP contribution in [-0.2, 0) is 4.79 Å². The number of carbonyl (C=O) groups is 1. The number of aromatic nitrogens is 4. The van der Waals surface area contributed by atoms with Crippen molar-refractivity contribution in [3.8, 4) is 5.69 Å². The number of anilines is 1. The highest BCUT2D eigenvalue weighted by molar-refractivity contribution is 7.99. The number of aliphatic carboxylic acids is 1. The van der Waals surface area contributed by atoms with E-state index in [1.54, 1.807) is 0 Å². The molecule has 0 aliphatic heterocycles. The summed E-state index contributed by atoms with van der Waals surface area (Å²) in [6.07, 6.45) is 0. The van der Waals surface area contributed by atoms with Crippen LogP contribution < -0.4 is 4.90 Å². The molecule has 2 rings (SSSR count). The van der Waals surface area contributed by atoms with Crippen molar-refractivity contribution in [1.29, 1.82) is 0 Å². The van der Waals surface area contributed by atoms with E-state index in [0.717, 1.165) is 23.1 Å². The Morgan fingerprint density at radius 2 is 2.26 bits per heavy atom. The zero-order chi connectivity index (χ0) is 13.8. The predicted molar refractivity (Wildman–Crippen MR) is 71.8 cm³/mol. The fourth-order valence-electron chi connectivity index (χ4n) is 1.46. The monoisotopic (exact) mass is 279 g/mol. The molecule has 1 aromatic carbocycles. The normalized spacial score (nSPS) is 10.4. The lowest BCUT2D eigenvalue weighted by molar-refractivity contribution is -0.133. The Balaban J connectivity index is 2.29. The first-order valence-corrected chi connectivity index (χ1v) is 6.47. The Hall–Kier alpha value is -2.09. The van der Waals surface area contributed by atoms with Crippen LogP contribution in [0.15, 0.2) is 29.4 Å². The smallest absolute Gasteiger partial charge is 0.313 e. The molecule has 8 heteroatoms. The fourth-order valence-corrected chi connectivity index (χ4v) is 2.07. The highest BCUT2D eigenvalue weighted by Gasteiger charge is 2.11. The van der Waals surface area contributed by atoms with Gasteiger partial charge in [-0.3, -0.25) is 4.79 Å². The van der Waals surface area contributed by atoms with Crippen molar-refractivity contribution in [2.75, 3.05) is 24.7 Å². The van der Waals surface area contributed by atoms with Gasteiger partial charge in [-0.25, -0.2) is 0 Å². The third-order valence-corrected chi connectivity index (χ3v) is 3.26. The molecule has 0 aliphatic rings. The molecule has 7 nitrogen and oxygen atoms in total. The molecule has 0 spiro atoms. The fraction of sp³-hybridized carbons (Fsp3) is 0.273. The number of thioether (sulfide) groups is 1. The minimum atomic E-state index is -0.901. The van der Waals surface area contributed by atoms with Crippen LogP contribution in [0.5, 0.6) is 0 Å². The molecule has 0 saturated carbocycles. The van der Waals surface area contributed by atoms with Crippen LogP contribution in [0, 0.1) is 0 Å². The summed E-state index contributed by atoms with van der Waals surface area (Å²) in [4.78, 5) is 12.6. The second-order valence-corrected chi connectivity index (χ2v) is 4.91. The Morgan fingerprint density at radius 3 is 2.95 bits per heavy atom. The van der Waals surface area contributed by atoms with Crippen molar-refractivity contribution in [2.45, 2.75) is 5.16 Å². The molecule has 0 amide bonds. The number of hydrogen-bond donors (Lipinski definition) is 1. The van der Waals surface area contributed by atoms with E-state index in [4.69, 9.17) is 5.11 Å². The first-order chi connectivity index (χ1) is 9.08. The van der Waals surface area contributed by atoms with Gasteiger partial charge in [0.05, 0.1) is 11.4 Å². The second kappa shape index (κ2) is 5.70. The van der Waals surface area contributed by atoms with Gasteiger partial charge < -0.3 is 10.0 Å². The summed E-state index contributed by atoms with van der Waals surface area (Å²) in [5, 5.41) is 20.4. The van der Waals surface area contributed by atoms with Gasteiger partial charge in [0, 0.05) is 19.8 Å². The summed E-state index contributed by atoms with van der Waals surface area (Å²) in [6.45, 7) is 0. The Kier molecular flexibility index (Phi) is 4.00. The van der Waals surface area contributed by atoms with E-state index >= 15 is 0 Å². The highest BCUT2D eigenvalue weighted by Crippen LogP contribution is 2.21. The van der Waals surface area contributed by atoms with Crippen LogP contribution >= 0.6 is 11.8 Å². The van der Waals surface area contributed by atoms with Crippen LogP contribution in [0.25, 0.3) is 5.69 Å². The molecule has 19 heavy (non-hydrogen) atoms. The van der Waals surface area contributed by atoms with Gasteiger partial charge >= 0.3 is 5.97 Å². The van der Waals surface area contributed by atoms with Gasteiger partial charge in [-0.05, 0) is 28.6 Å². The molecule has 0 fully saturated rings. The predicted octanol–water partition coefficient (Wildman–Crippen LogP) is 0.905. The van der Waals surface area contributed by atoms with Gasteiger partial charge in [0.15, 0.2) is 0 Å². The van der Waals surface area contributed by atoms with Gasteiger partial charge in [-0.15, -0.1) is 5.10 Å². The molecular weight excluding hydrogens is 266 g/mol. The van der Waals surface area contributed by atoms with Crippen LogP contribution in [0.3, 0.4) is 0 Å². The molecule has 0 atom stereocenters. The van der Waals surface area contributed by atoms with E-state index in [0.29, 0.717) is 5.16 Å². The molecule has 2 aromatic rings. The number of carboxylic acid groups (broad SMARTS) is 1. The molecule has 0 aliphatic carbocycles. The maximum Gasteiger partial charge on any atom is 0.313 e. The Bertz CT molecular complexity index is 584. The minimum absolute atomic E-state index is 0.0757. The SMILES string of the molecule is CN(C)c1cccc(-n2nnnc2SCC(=O)O)c1. The summed E-state index contributed by atoms with van der Waals surface area (Å²) in [5.41, 5.74) is 1.81. The van der Waals surface area contributed by atoms with E-state index in [1.807, 2.05) is 43.3 Å². The summed E-state index contributed by atoms with van der Waals surface area (Å²) in [6, 6.07) is 7.67. The average Bonchev–Trinajstić information content (AvgIpc) is 2.84. The van der Waals surface area contributed by atoms with E-state index in [1.165, 1.54) is 4.68 Å². The van der Waals surface area contributed by atoms with Gasteiger partial charge in [0.2, 0.25) is 5.16 Å². The van der Waals surface area contributed by atoms with Gasteiger partial charge in [0.25, 0.3) is 0 Å². The first kappa shape index (κ1) is 13.3. The van der Waals surface area contributed by atoms with Crippen LogP contribution in [-0.4, -0.2) is 51.1 Å². The third kappa shape index (κ3) is 3.22. The second-order valence-electron chi connectivity index (χ2n) is 3.97. The van der Waals surface area contributed by atoms with Gasteiger partial charge in [-0.1, -0.05) is 17.8 Å². The maximum absolute atomic E-state index is 10.6. The van der Waals surface area contributed by atoms with Gasteiger partial charge in [0.1, 0.15) is 0 Å². The number of benzene rings is 1. The lowest BCUT2D eigenvalue weighted by atomic mass is 10.2. The number of tetrazole rings is 1. The molecule has 100 valence electrons. The average molecular weight is 279 g/mol. The van der Waals surface area contributed by atoms with Crippen molar-refractivity contribution in [2.24, 2.45) is 0 Å². The van der Waals surface area contributed by atoms with Crippen LogP contribution in [0.4, 0.5) is 5.69 Å². The largest absolute Gasteiger partial charge is 0.481 e. The number of carboxylic acids is 1. The van der Waals surface area contributed by atoms with E-state index < -0.39 is 5.97 Å². The molecule has 1 N–H and O–H groups in total. The Labute approximate surface area is 114 Å². The van der Waals surface area contributed by atoms with E-state index in [-0.39, 0.29) is 5.75 Å². The lowest BCUT2D eigenvalue weighted by Crippen LogP contribution is -2.09. The zero-order valence-electron chi connectivity index (χ0n) is 10.5. The van der Waals surface area contributed by atoms with Crippen molar-refractivity contribution in [1.82, 2.24) is 20.2 Å². The van der Waals surface area contributed by atoms with Crippen LogP contribution in [0.1, 0.15) is 0 Å². The van der Waals surface area contributed by atoms with Crippen LogP contribution in [0.2, 0.25) is 0 Å². The lowest BCUT2D eigenvalue weighted by Gasteiger charge is -2.13. The molecular formula is C11H13N5O2S. The van der Waals surface area contributed by atoms with E-state index in [9.17, 15) is 4.79 Å². The molecule has 1 heterocycles. The topological polar surface area (TPSA) is 84.1 Å². The van der Waals surface area contributed by atoms with Crippen molar-refractivity contribution < 1.29 is 9.90 Å². The molecule has 1 aromatic heterocycles. The van der Waals surface area contributed by atoms with Crippen molar-refractivity contribution in [3.05, 3.63) is 24.3 Å². The van der Waals surface area contributed by atoms with Crippen molar-refractivity contribution >= 4 is 23.4 Å². The summed E-state index contributed by atoms with van der Waals surface area (Å²) >= 11 is 1.08. The summed E-state index contributed by atoms with van der Waals surface area (Å²) < 4.78 is 1.53. The molecule has 0 saturated heterocycles. The van der Waals surface area contributed by atoms with Crippen molar-refractivity contribution in [3.63, 3.8) is 0 Å². The Morgan fingerprint density at radius 1 is 1.47 bits per heavy atom.